The molecule has 0 radical (unpaired) electrons. The van der Waals surface area contributed by atoms with Gasteiger partial charge in [-0.25, -0.2) is 24.1 Å². The van der Waals surface area contributed by atoms with Crippen molar-refractivity contribution in [2.45, 2.75) is 6.18 Å². The Morgan fingerprint density at radius 1 is 1.05 bits per heavy atom. The van der Waals surface area contributed by atoms with Crippen LogP contribution in [-0.2, 0) is 10.9 Å². The van der Waals surface area contributed by atoms with Crippen LogP contribution in [0.4, 0.5) is 40.4 Å². The van der Waals surface area contributed by atoms with E-state index in [1.54, 1.807) is 36.0 Å². The topological polar surface area (TPSA) is 117 Å². The minimum absolute atomic E-state index is 0.0127. The molecule has 1 fully saturated rings. The number of hydrogen-bond acceptors (Lipinski definition) is 9. The number of halogens is 4. The highest BCUT2D eigenvalue weighted by Crippen LogP contribution is 2.35. The van der Waals surface area contributed by atoms with E-state index in [2.05, 4.69) is 30.4 Å². The van der Waals surface area contributed by atoms with Gasteiger partial charge in [0.1, 0.15) is 0 Å². The van der Waals surface area contributed by atoms with Crippen LogP contribution in [0.25, 0.3) is 17.5 Å². The second-order valence-electron chi connectivity index (χ2n) is 8.85. The first kappa shape index (κ1) is 26.1. The van der Waals surface area contributed by atoms with Gasteiger partial charge < -0.3 is 19.9 Å². The largest absolute Gasteiger partial charge is 0.416 e. The lowest BCUT2D eigenvalue weighted by Crippen LogP contribution is -2.37. The molecular formula is C24H23F4N9O2. The Balaban J connectivity index is 1.38. The molecule has 0 saturated carbocycles. The number of aromatic amines is 1. The molecule has 0 bridgehead atoms. The summed E-state index contributed by atoms with van der Waals surface area (Å²) in [4.78, 5) is 30.8. The van der Waals surface area contributed by atoms with Crippen LogP contribution in [0.5, 0.6) is 0 Å². The van der Waals surface area contributed by atoms with E-state index in [1.807, 2.05) is 0 Å². The number of aromatic nitrogens is 6. The number of morpholine rings is 1. The highest BCUT2D eigenvalue weighted by atomic mass is 19.4. The minimum Gasteiger partial charge on any atom is -0.378 e. The van der Waals surface area contributed by atoms with Gasteiger partial charge in [0.2, 0.25) is 5.82 Å². The first-order chi connectivity index (χ1) is 18.6. The van der Waals surface area contributed by atoms with Gasteiger partial charge in [-0.05, 0) is 30.3 Å². The highest BCUT2D eigenvalue weighted by molar-refractivity contribution is 5.66. The summed E-state index contributed by atoms with van der Waals surface area (Å²) in [6, 6.07) is 6.65. The van der Waals surface area contributed by atoms with Crippen LogP contribution in [0.15, 0.2) is 47.5 Å². The molecule has 15 heteroatoms. The summed E-state index contributed by atoms with van der Waals surface area (Å²) in [5.41, 5.74) is -0.452. The van der Waals surface area contributed by atoms with E-state index in [0.717, 1.165) is 23.0 Å². The molecule has 1 aliphatic heterocycles. The van der Waals surface area contributed by atoms with Gasteiger partial charge in [-0.2, -0.15) is 17.9 Å². The molecule has 204 valence electrons. The third-order valence-corrected chi connectivity index (χ3v) is 5.88. The van der Waals surface area contributed by atoms with Gasteiger partial charge in [-0.15, -0.1) is 5.10 Å². The number of ether oxygens (including phenoxy) is 1. The molecule has 11 nitrogen and oxygen atoms in total. The monoisotopic (exact) mass is 545 g/mol. The summed E-state index contributed by atoms with van der Waals surface area (Å²) in [7, 11) is 3.29. The number of nitrogens with zero attached hydrogens (tertiary/aromatic N) is 7. The smallest absolute Gasteiger partial charge is 0.378 e. The minimum atomic E-state index is -4.51. The zero-order chi connectivity index (χ0) is 27.7. The first-order valence-electron chi connectivity index (χ1n) is 11.8. The van der Waals surface area contributed by atoms with Crippen LogP contribution < -0.4 is 20.8 Å². The number of anilines is 4. The van der Waals surface area contributed by atoms with E-state index in [1.165, 1.54) is 12.3 Å². The second-order valence-corrected chi connectivity index (χ2v) is 8.85. The standard InChI is InChI=1S/C24H23F4N9O2/c1-35(2)17-10-14(24(26,27)28)9-16(11-17)31-15-3-4-19(29-12-15)37-23(38)33-21(34-37)20-30-13-18(25)22(32-20)36-5-7-39-8-6-36/h3-4,9-13,31H,5-8H2,1-2H3,(H,33,34,38). The van der Waals surface area contributed by atoms with E-state index in [0.29, 0.717) is 37.7 Å². The van der Waals surface area contributed by atoms with Crippen LogP contribution >= 0.6 is 0 Å². The lowest BCUT2D eigenvalue weighted by Gasteiger charge is -2.27. The summed E-state index contributed by atoms with van der Waals surface area (Å²) in [5, 5.41) is 7.10. The number of pyridine rings is 1. The maximum Gasteiger partial charge on any atom is 0.416 e. The molecule has 2 N–H and O–H groups in total. The van der Waals surface area contributed by atoms with Crippen molar-refractivity contribution < 1.29 is 22.3 Å². The SMILES string of the molecule is CN(C)c1cc(Nc2ccc(-n3nc(-c4ncc(F)c(N5CCOCC5)n4)[nH]c3=O)nc2)cc(C(F)(F)F)c1. The predicted octanol–water partition coefficient (Wildman–Crippen LogP) is 3.22. The van der Waals surface area contributed by atoms with Crippen LogP contribution in [-0.4, -0.2) is 70.1 Å². The van der Waals surface area contributed by atoms with Gasteiger partial charge in [0, 0.05) is 38.6 Å². The Bertz CT molecular complexity index is 1530. The van der Waals surface area contributed by atoms with E-state index in [-0.39, 0.29) is 29.0 Å². The molecule has 0 amide bonds. The fraction of sp³-hybridized carbons (Fsp3) is 0.292. The van der Waals surface area contributed by atoms with E-state index >= 15 is 0 Å². The molecule has 39 heavy (non-hydrogen) atoms. The van der Waals surface area contributed by atoms with Gasteiger partial charge in [-0.1, -0.05) is 0 Å². The highest BCUT2D eigenvalue weighted by Gasteiger charge is 2.31. The van der Waals surface area contributed by atoms with Crippen LogP contribution in [0.1, 0.15) is 5.56 Å². The van der Waals surface area contributed by atoms with Gasteiger partial charge >= 0.3 is 11.9 Å². The Labute approximate surface area is 219 Å². The molecule has 1 aromatic carbocycles. The van der Waals surface area contributed by atoms with Crippen molar-refractivity contribution in [3.8, 4) is 17.5 Å². The summed E-state index contributed by atoms with van der Waals surface area (Å²) in [5.74, 6) is -0.349. The number of benzene rings is 1. The normalized spacial score (nSPS) is 13.9. The lowest BCUT2D eigenvalue weighted by molar-refractivity contribution is -0.137. The van der Waals surface area contributed by atoms with E-state index in [9.17, 15) is 22.4 Å². The molecule has 4 aromatic rings. The molecule has 0 unspecified atom stereocenters. The number of rotatable bonds is 6. The van der Waals surface area contributed by atoms with Crippen molar-refractivity contribution in [3.63, 3.8) is 0 Å². The maximum atomic E-state index is 14.4. The molecule has 1 aliphatic rings. The zero-order valence-electron chi connectivity index (χ0n) is 20.8. The quantitative estimate of drug-likeness (QED) is 0.352. The fourth-order valence-electron chi connectivity index (χ4n) is 3.91. The summed E-state index contributed by atoms with van der Waals surface area (Å²) in [6.07, 6.45) is -2.14. The molecule has 5 rings (SSSR count). The van der Waals surface area contributed by atoms with Crippen molar-refractivity contribution in [1.29, 1.82) is 0 Å². The molecule has 3 aromatic heterocycles. The molecule has 4 heterocycles. The number of H-pyrrole nitrogens is 1. The Hall–Kier alpha value is -4.53. The van der Waals surface area contributed by atoms with E-state index < -0.39 is 23.2 Å². The lowest BCUT2D eigenvalue weighted by atomic mass is 10.1. The third kappa shape index (κ3) is 5.67. The third-order valence-electron chi connectivity index (χ3n) is 5.88. The molecular weight excluding hydrogens is 522 g/mol. The summed E-state index contributed by atoms with van der Waals surface area (Å²) >= 11 is 0. The fourth-order valence-corrected chi connectivity index (χ4v) is 3.91. The van der Waals surface area contributed by atoms with Crippen molar-refractivity contribution in [1.82, 2.24) is 29.7 Å². The molecule has 0 atom stereocenters. The number of alkyl halides is 3. The molecule has 1 saturated heterocycles. The second kappa shape index (κ2) is 10.3. The van der Waals surface area contributed by atoms with Crippen molar-refractivity contribution in [3.05, 3.63) is 64.6 Å². The average Bonchev–Trinajstić information content (AvgIpc) is 3.30. The first-order valence-corrected chi connectivity index (χ1v) is 11.8. The van der Waals surface area contributed by atoms with Gasteiger partial charge in [0.05, 0.1) is 36.9 Å². The zero-order valence-corrected chi connectivity index (χ0v) is 20.8. The van der Waals surface area contributed by atoms with Crippen LogP contribution in [0.3, 0.4) is 0 Å². The van der Waals surface area contributed by atoms with Crippen molar-refractivity contribution in [2.75, 3.05) is 55.5 Å². The Morgan fingerprint density at radius 2 is 1.82 bits per heavy atom. The average molecular weight is 546 g/mol. The number of hydrogen-bond donors (Lipinski definition) is 2. The van der Waals surface area contributed by atoms with Crippen LogP contribution in [0, 0.1) is 5.82 Å². The van der Waals surface area contributed by atoms with Gasteiger partial charge in [0.15, 0.2) is 23.3 Å². The Morgan fingerprint density at radius 3 is 2.49 bits per heavy atom. The van der Waals surface area contributed by atoms with Gasteiger partial charge in [0.25, 0.3) is 0 Å². The molecule has 0 spiro atoms. The number of nitrogens with one attached hydrogen (secondary N) is 2. The van der Waals surface area contributed by atoms with Crippen molar-refractivity contribution >= 4 is 22.9 Å². The molecule has 0 aliphatic carbocycles. The Kier molecular flexibility index (Phi) is 6.91. The summed E-state index contributed by atoms with van der Waals surface area (Å²) < 4.78 is 60.7. The van der Waals surface area contributed by atoms with Crippen LogP contribution in [0.2, 0.25) is 0 Å². The summed E-state index contributed by atoms with van der Waals surface area (Å²) in [6.45, 7) is 1.79. The van der Waals surface area contributed by atoms with Crippen molar-refractivity contribution in [2.24, 2.45) is 0 Å². The van der Waals surface area contributed by atoms with E-state index in [4.69, 9.17) is 4.74 Å². The van der Waals surface area contributed by atoms with Gasteiger partial charge in [-0.3, -0.25) is 4.98 Å². The maximum absolute atomic E-state index is 14.4. The predicted molar refractivity (Wildman–Crippen MR) is 135 cm³/mol.